The van der Waals surface area contributed by atoms with Gasteiger partial charge in [-0.1, -0.05) is 0 Å². The molecule has 0 aromatic carbocycles. The Hall–Kier alpha value is -0.340. The van der Waals surface area contributed by atoms with Gasteiger partial charge in [0.25, 0.3) is 0 Å². The van der Waals surface area contributed by atoms with Gasteiger partial charge < -0.3 is 4.74 Å². The molecule has 1 nitrogen and oxygen atoms in total. The number of hydrogen-bond acceptors (Lipinski definition) is 2. The minimum atomic E-state index is 0.764. The maximum absolute atomic E-state index is 5.18. The van der Waals surface area contributed by atoms with Crippen molar-refractivity contribution in [2.75, 3.05) is 6.61 Å². The van der Waals surface area contributed by atoms with Crippen molar-refractivity contribution >= 4 is 11.3 Å². The molecule has 0 N–H and O–H groups in total. The molecule has 0 saturated carbocycles. The van der Waals surface area contributed by atoms with Gasteiger partial charge in [0, 0.05) is 6.61 Å². The average Bonchev–Trinajstić information content (AvgIpc) is 2.34. The van der Waals surface area contributed by atoms with E-state index in [1.165, 1.54) is 5.56 Å². The quantitative estimate of drug-likeness (QED) is 0.629. The zero-order valence-electron chi connectivity index (χ0n) is 5.46. The molecule has 0 bridgehead atoms. The molecule has 1 heterocycles. The van der Waals surface area contributed by atoms with Crippen molar-refractivity contribution in [3.05, 3.63) is 22.4 Å². The van der Waals surface area contributed by atoms with E-state index in [4.69, 9.17) is 4.74 Å². The number of ether oxygens (including phenoxy) is 1. The van der Waals surface area contributed by atoms with Crippen LogP contribution in [-0.4, -0.2) is 6.61 Å². The second-order valence-corrected chi connectivity index (χ2v) is 2.55. The van der Waals surface area contributed by atoms with Crippen molar-refractivity contribution in [3.8, 4) is 0 Å². The molecule has 1 rings (SSSR count). The summed E-state index contributed by atoms with van der Waals surface area (Å²) in [7, 11) is 0. The molecule has 0 unspecified atom stereocenters. The van der Waals surface area contributed by atoms with Gasteiger partial charge in [0.05, 0.1) is 6.61 Å². The summed E-state index contributed by atoms with van der Waals surface area (Å²) < 4.78 is 5.18. The van der Waals surface area contributed by atoms with Crippen LogP contribution in [0.3, 0.4) is 0 Å². The summed E-state index contributed by atoms with van der Waals surface area (Å²) in [5, 5.41) is 4.17. The molecule has 0 fully saturated rings. The highest BCUT2D eigenvalue weighted by Crippen LogP contribution is 2.06. The van der Waals surface area contributed by atoms with Crippen LogP contribution in [0.1, 0.15) is 12.5 Å². The summed E-state index contributed by atoms with van der Waals surface area (Å²) >= 11 is 1.71. The van der Waals surface area contributed by atoms with Gasteiger partial charge in [-0.05, 0) is 29.3 Å². The van der Waals surface area contributed by atoms with Gasteiger partial charge in [0.15, 0.2) is 0 Å². The highest BCUT2D eigenvalue weighted by molar-refractivity contribution is 7.07. The second-order valence-electron chi connectivity index (χ2n) is 1.77. The molecule has 1 aromatic rings. The average molecular weight is 142 g/mol. The Morgan fingerprint density at radius 2 is 2.56 bits per heavy atom. The fourth-order valence-electron chi connectivity index (χ4n) is 0.595. The minimum absolute atomic E-state index is 0.764. The van der Waals surface area contributed by atoms with E-state index >= 15 is 0 Å². The molecule has 0 amide bonds. The lowest BCUT2D eigenvalue weighted by Crippen LogP contribution is -1.88. The predicted molar refractivity (Wildman–Crippen MR) is 39.6 cm³/mol. The molecule has 0 spiro atoms. The maximum Gasteiger partial charge on any atom is 0.0724 e. The van der Waals surface area contributed by atoms with Gasteiger partial charge in [0.2, 0.25) is 0 Å². The van der Waals surface area contributed by atoms with Crippen LogP contribution in [0.2, 0.25) is 0 Å². The summed E-state index contributed by atoms with van der Waals surface area (Å²) in [6, 6.07) is 2.08. The maximum atomic E-state index is 5.18. The van der Waals surface area contributed by atoms with Crippen LogP contribution < -0.4 is 0 Å². The van der Waals surface area contributed by atoms with Crippen LogP contribution in [0.15, 0.2) is 16.8 Å². The molecular formula is C7H10OS. The first-order chi connectivity index (χ1) is 4.43. The molecule has 0 aliphatic rings. The third kappa shape index (κ3) is 2.16. The van der Waals surface area contributed by atoms with Crippen LogP contribution in [0, 0.1) is 0 Å². The van der Waals surface area contributed by atoms with Crippen LogP contribution in [-0.2, 0) is 11.3 Å². The van der Waals surface area contributed by atoms with Crippen molar-refractivity contribution in [2.24, 2.45) is 0 Å². The first-order valence-electron chi connectivity index (χ1n) is 3.02. The fourth-order valence-corrected chi connectivity index (χ4v) is 1.25. The van der Waals surface area contributed by atoms with Gasteiger partial charge in [-0.2, -0.15) is 11.3 Å². The Bertz CT molecular complexity index is 146. The number of rotatable bonds is 3. The standard InChI is InChI=1S/C7H10OS/c1-2-8-5-7-3-4-9-6-7/h3-4,6H,2,5H2,1H3. The molecular weight excluding hydrogens is 132 g/mol. The van der Waals surface area contributed by atoms with Crippen molar-refractivity contribution < 1.29 is 4.74 Å². The Labute approximate surface area is 59.3 Å². The Morgan fingerprint density at radius 3 is 3.11 bits per heavy atom. The van der Waals surface area contributed by atoms with Crippen molar-refractivity contribution in [2.45, 2.75) is 13.5 Å². The summed E-state index contributed by atoms with van der Waals surface area (Å²) in [5.41, 5.74) is 1.28. The van der Waals surface area contributed by atoms with Crippen molar-refractivity contribution in [1.82, 2.24) is 0 Å². The van der Waals surface area contributed by atoms with Crippen LogP contribution in [0.4, 0.5) is 0 Å². The highest BCUT2D eigenvalue weighted by Gasteiger charge is 1.88. The van der Waals surface area contributed by atoms with E-state index in [2.05, 4.69) is 16.8 Å². The first kappa shape index (κ1) is 6.78. The van der Waals surface area contributed by atoms with Crippen LogP contribution >= 0.6 is 11.3 Å². The lowest BCUT2D eigenvalue weighted by atomic mass is 10.4. The van der Waals surface area contributed by atoms with E-state index in [1.807, 2.05) is 6.92 Å². The van der Waals surface area contributed by atoms with E-state index in [0.717, 1.165) is 13.2 Å². The topological polar surface area (TPSA) is 9.23 Å². The third-order valence-electron chi connectivity index (χ3n) is 1.05. The van der Waals surface area contributed by atoms with Gasteiger partial charge in [-0.15, -0.1) is 0 Å². The lowest BCUT2D eigenvalue weighted by Gasteiger charge is -1.94. The van der Waals surface area contributed by atoms with Gasteiger partial charge >= 0.3 is 0 Å². The first-order valence-corrected chi connectivity index (χ1v) is 3.96. The summed E-state index contributed by atoms with van der Waals surface area (Å²) in [4.78, 5) is 0. The molecule has 9 heavy (non-hydrogen) atoms. The third-order valence-corrected chi connectivity index (χ3v) is 1.79. The molecule has 50 valence electrons. The Balaban J connectivity index is 2.30. The van der Waals surface area contributed by atoms with Crippen molar-refractivity contribution in [1.29, 1.82) is 0 Å². The van der Waals surface area contributed by atoms with Crippen LogP contribution in [0.25, 0.3) is 0 Å². The summed E-state index contributed by atoms with van der Waals surface area (Å²) in [5.74, 6) is 0. The second kappa shape index (κ2) is 3.64. The largest absolute Gasteiger partial charge is 0.377 e. The molecule has 0 atom stereocenters. The summed E-state index contributed by atoms with van der Waals surface area (Å²) in [6.45, 7) is 3.57. The van der Waals surface area contributed by atoms with Gasteiger partial charge in [-0.3, -0.25) is 0 Å². The predicted octanol–water partition coefficient (Wildman–Crippen LogP) is 2.28. The Morgan fingerprint density at radius 1 is 1.67 bits per heavy atom. The SMILES string of the molecule is CCOCc1ccsc1. The van der Waals surface area contributed by atoms with E-state index in [0.29, 0.717) is 0 Å². The van der Waals surface area contributed by atoms with E-state index in [1.54, 1.807) is 11.3 Å². The molecule has 0 aliphatic carbocycles. The van der Waals surface area contributed by atoms with Gasteiger partial charge in [-0.25, -0.2) is 0 Å². The lowest BCUT2D eigenvalue weighted by molar-refractivity contribution is 0.134. The van der Waals surface area contributed by atoms with E-state index < -0.39 is 0 Å². The fraction of sp³-hybridized carbons (Fsp3) is 0.429. The monoisotopic (exact) mass is 142 g/mol. The van der Waals surface area contributed by atoms with Crippen LogP contribution in [0.5, 0.6) is 0 Å². The highest BCUT2D eigenvalue weighted by atomic mass is 32.1. The smallest absolute Gasteiger partial charge is 0.0724 e. The van der Waals surface area contributed by atoms with E-state index in [9.17, 15) is 0 Å². The molecule has 0 saturated heterocycles. The Kier molecular flexibility index (Phi) is 2.74. The van der Waals surface area contributed by atoms with Gasteiger partial charge in [0.1, 0.15) is 0 Å². The van der Waals surface area contributed by atoms with Crippen molar-refractivity contribution in [3.63, 3.8) is 0 Å². The summed E-state index contributed by atoms with van der Waals surface area (Å²) in [6.07, 6.45) is 0. The zero-order chi connectivity index (χ0) is 6.53. The molecule has 0 aliphatic heterocycles. The molecule has 1 aromatic heterocycles. The number of hydrogen-bond donors (Lipinski definition) is 0. The molecule has 2 heteroatoms. The zero-order valence-corrected chi connectivity index (χ0v) is 6.28. The number of thiophene rings is 1. The normalized spacial score (nSPS) is 9.89. The molecule has 0 radical (unpaired) electrons. The van der Waals surface area contributed by atoms with E-state index in [-0.39, 0.29) is 0 Å². The minimum Gasteiger partial charge on any atom is -0.377 e.